The van der Waals surface area contributed by atoms with E-state index in [1.165, 1.54) is 28.4 Å². The Hall–Kier alpha value is -2.67. The summed E-state index contributed by atoms with van der Waals surface area (Å²) in [4.78, 5) is 28.8. The van der Waals surface area contributed by atoms with Crippen LogP contribution >= 0.6 is 11.8 Å². The molecule has 5 nitrogen and oxygen atoms in total. The van der Waals surface area contributed by atoms with Crippen molar-refractivity contribution in [1.29, 1.82) is 0 Å². The second-order valence-corrected chi connectivity index (χ2v) is 6.92. The van der Waals surface area contributed by atoms with Gasteiger partial charge in [-0.1, -0.05) is 24.3 Å². The zero-order chi connectivity index (χ0) is 18.5. The van der Waals surface area contributed by atoms with Gasteiger partial charge in [0.2, 0.25) is 0 Å². The van der Waals surface area contributed by atoms with Crippen molar-refractivity contribution in [1.82, 2.24) is 14.7 Å². The average Bonchev–Trinajstić information content (AvgIpc) is 2.63. The van der Waals surface area contributed by atoms with E-state index in [-0.39, 0.29) is 11.4 Å². The maximum absolute atomic E-state index is 13.5. The van der Waals surface area contributed by atoms with Crippen LogP contribution in [0.5, 0.6) is 0 Å². The normalized spacial score (nSPS) is 10.8. The molecule has 2 heterocycles. The van der Waals surface area contributed by atoms with E-state index in [1.54, 1.807) is 30.5 Å². The smallest absolute Gasteiger partial charge is 0.270 e. The van der Waals surface area contributed by atoms with Gasteiger partial charge in [0.1, 0.15) is 17.0 Å². The fourth-order valence-electron chi connectivity index (χ4n) is 2.47. The van der Waals surface area contributed by atoms with Crippen molar-refractivity contribution in [2.75, 3.05) is 12.3 Å². The van der Waals surface area contributed by atoms with Crippen molar-refractivity contribution in [2.45, 2.75) is 12.7 Å². The molecule has 7 heteroatoms. The molecule has 134 valence electrons. The number of hydrogen-bond donors (Lipinski definition) is 1. The van der Waals surface area contributed by atoms with Gasteiger partial charge in [0, 0.05) is 30.4 Å². The lowest BCUT2D eigenvalue weighted by molar-refractivity contribution is 0.0954. The number of carbonyl (C=O) groups excluding carboxylic acids is 1. The third kappa shape index (κ3) is 4.11. The number of aromatic nitrogens is 2. The molecule has 0 aliphatic carbocycles. The summed E-state index contributed by atoms with van der Waals surface area (Å²) >= 11 is 1.51. The number of nitrogens with one attached hydrogen (secondary N) is 1. The third-order valence-electron chi connectivity index (χ3n) is 3.84. The first-order chi connectivity index (χ1) is 12.6. The lowest BCUT2D eigenvalue weighted by Crippen LogP contribution is -2.32. The van der Waals surface area contributed by atoms with Gasteiger partial charge in [-0.25, -0.2) is 9.37 Å². The number of pyridine rings is 1. The van der Waals surface area contributed by atoms with Gasteiger partial charge in [-0.2, -0.15) is 11.8 Å². The third-order valence-corrected chi connectivity index (χ3v) is 4.85. The molecule has 2 aromatic heterocycles. The first kappa shape index (κ1) is 18.1. The number of aryl methyl sites for hydroxylation is 1. The molecule has 0 fully saturated rings. The molecule has 1 N–H and O–H groups in total. The molecule has 0 aliphatic heterocycles. The van der Waals surface area contributed by atoms with E-state index in [0.717, 1.165) is 5.56 Å². The first-order valence-electron chi connectivity index (χ1n) is 8.13. The number of carbonyl (C=O) groups is 1. The Balaban J connectivity index is 1.57. The highest BCUT2D eigenvalue weighted by molar-refractivity contribution is 7.98. The zero-order valence-electron chi connectivity index (χ0n) is 14.2. The van der Waals surface area contributed by atoms with Crippen LogP contribution in [0.15, 0.2) is 53.6 Å². The lowest BCUT2D eigenvalue weighted by atomic mass is 10.2. The van der Waals surface area contributed by atoms with Crippen LogP contribution in [0.3, 0.4) is 0 Å². The predicted octanol–water partition coefficient (Wildman–Crippen LogP) is 2.81. The molecule has 26 heavy (non-hydrogen) atoms. The van der Waals surface area contributed by atoms with Gasteiger partial charge in [-0.3, -0.25) is 14.0 Å². The molecule has 0 bridgehead atoms. The number of amides is 1. The molecule has 3 aromatic rings. The molecule has 0 aliphatic rings. The van der Waals surface area contributed by atoms with E-state index < -0.39 is 11.5 Å². The summed E-state index contributed by atoms with van der Waals surface area (Å²) in [6.45, 7) is 2.25. The van der Waals surface area contributed by atoms with Crippen LogP contribution in [-0.2, 0) is 5.75 Å². The van der Waals surface area contributed by atoms with Gasteiger partial charge in [0.05, 0.1) is 0 Å². The van der Waals surface area contributed by atoms with Crippen LogP contribution in [0, 0.1) is 12.7 Å². The van der Waals surface area contributed by atoms with E-state index in [1.807, 2.05) is 13.0 Å². The summed E-state index contributed by atoms with van der Waals surface area (Å²) in [5.74, 6) is 0.461. The standard InChI is InChI=1S/C19H18FN3O2S/c1-13-6-7-17-22-10-15(19(25)23(17)11-13)18(24)21-8-9-26-12-14-4-2-3-5-16(14)20/h2-7,10-11H,8-9,12H2,1H3,(H,21,24). The summed E-state index contributed by atoms with van der Waals surface area (Å²) in [5.41, 5.74) is 1.65. The number of benzene rings is 1. The maximum atomic E-state index is 13.5. The fourth-order valence-corrected chi connectivity index (χ4v) is 3.31. The Kier molecular flexibility index (Phi) is 5.68. The number of thioether (sulfide) groups is 1. The van der Waals surface area contributed by atoms with Crippen molar-refractivity contribution in [3.05, 3.63) is 81.7 Å². The second kappa shape index (κ2) is 8.14. The maximum Gasteiger partial charge on any atom is 0.270 e. The van der Waals surface area contributed by atoms with Crippen LogP contribution in [0.1, 0.15) is 21.5 Å². The Morgan fingerprint density at radius 1 is 1.27 bits per heavy atom. The quantitative estimate of drug-likeness (QED) is 0.677. The SMILES string of the molecule is Cc1ccc2ncc(C(=O)NCCSCc3ccccc3F)c(=O)n2c1. The highest BCUT2D eigenvalue weighted by Crippen LogP contribution is 2.14. The topological polar surface area (TPSA) is 63.5 Å². The van der Waals surface area contributed by atoms with Gasteiger partial charge in [0.25, 0.3) is 11.5 Å². The van der Waals surface area contributed by atoms with Crippen LogP contribution < -0.4 is 10.9 Å². The number of nitrogens with zero attached hydrogens (tertiary/aromatic N) is 2. The number of rotatable bonds is 6. The van der Waals surface area contributed by atoms with Crippen LogP contribution in [0.4, 0.5) is 4.39 Å². The Morgan fingerprint density at radius 3 is 2.88 bits per heavy atom. The highest BCUT2D eigenvalue weighted by atomic mass is 32.2. The zero-order valence-corrected chi connectivity index (χ0v) is 15.1. The van der Waals surface area contributed by atoms with Crippen LogP contribution in [0.2, 0.25) is 0 Å². The van der Waals surface area contributed by atoms with E-state index >= 15 is 0 Å². The lowest BCUT2D eigenvalue weighted by Gasteiger charge is -2.07. The summed E-state index contributed by atoms with van der Waals surface area (Å²) in [6, 6.07) is 10.2. The molecule has 3 rings (SSSR count). The minimum absolute atomic E-state index is 0.00667. The number of fused-ring (bicyclic) bond motifs is 1. The van der Waals surface area contributed by atoms with Gasteiger partial charge in [0.15, 0.2) is 0 Å². The molecule has 0 radical (unpaired) electrons. The van der Waals surface area contributed by atoms with E-state index in [9.17, 15) is 14.0 Å². The molecular formula is C19H18FN3O2S. The molecular weight excluding hydrogens is 353 g/mol. The fraction of sp³-hybridized carbons (Fsp3) is 0.211. The average molecular weight is 371 g/mol. The van der Waals surface area contributed by atoms with Crippen molar-refractivity contribution in [2.24, 2.45) is 0 Å². The van der Waals surface area contributed by atoms with Crippen molar-refractivity contribution in [3.8, 4) is 0 Å². The molecule has 1 amide bonds. The minimum atomic E-state index is -0.454. The summed E-state index contributed by atoms with van der Waals surface area (Å²) in [7, 11) is 0. The molecule has 0 saturated carbocycles. The predicted molar refractivity (Wildman–Crippen MR) is 101 cm³/mol. The Labute approximate surface area is 154 Å². The van der Waals surface area contributed by atoms with E-state index in [4.69, 9.17) is 0 Å². The monoisotopic (exact) mass is 371 g/mol. The number of hydrogen-bond acceptors (Lipinski definition) is 4. The molecule has 1 aromatic carbocycles. The van der Waals surface area contributed by atoms with Crippen molar-refractivity contribution >= 4 is 23.3 Å². The summed E-state index contributed by atoms with van der Waals surface area (Å²) in [6.07, 6.45) is 2.96. The Bertz CT molecular complexity index is 1000. The van der Waals surface area contributed by atoms with E-state index in [0.29, 0.717) is 29.3 Å². The minimum Gasteiger partial charge on any atom is -0.351 e. The largest absolute Gasteiger partial charge is 0.351 e. The number of halogens is 1. The molecule has 0 unspecified atom stereocenters. The summed E-state index contributed by atoms with van der Waals surface area (Å²) in [5, 5.41) is 2.71. The molecule has 0 spiro atoms. The van der Waals surface area contributed by atoms with Crippen LogP contribution in [-0.4, -0.2) is 27.6 Å². The highest BCUT2D eigenvalue weighted by Gasteiger charge is 2.12. The molecule has 0 saturated heterocycles. The van der Waals surface area contributed by atoms with Gasteiger partial charge < -0.3 is 5.32 Å². The molecule has 0 atom stereocenters. The van der Waals surface area contributed by atoms with Crippen molar-refractivity contribution < 1.29 is 9.18 Å². The van der Waals surface area contributed by atoms with Gasteiger partial charge in [-0.05, 0) is 30.2 Å². The van der Waals surface area contributed by atoms with Crippen LogP contribution in [0.25, 0.3) is 5.65 Å². The van der Waals surface area contributed by atoms with Crippen molar-refractivity contribution in [3.63, 3.8) is 0 Å². The first-order valence-corrected chi connectivity index (χ1v) is 9.29. The summed E-state index contributed by atoms with van der Waals surface area (Å²) < 4.78 is 14.9. The van der Waals surface area contributed by atoms with E-state index in [2.05, 4.69) is 10.3 Å². The van der Waals surface area contributed by atoms with Gasteiger partial charge >= 0.3 is 0 Å². The Morgan fingerprint density at radius 2 is 2.08 bits per heavy atom. The van der Waals surface area contributed by atoms with Gasteiger partial charge in [-0.15, -0.1) is 0 Å². The second-order valence-electron chi connectivity index (χ2n) is 5.81.